The number of benzene rings is 2. The monoisotopic (exact) mass is 384 g/mol. The molecule has 0 fully saturated rings. The molecule has 0 N–H and O–H groups in total. The standard InChI is InChI=1S/C23H23F3N2/c1-17-7-2-3-8-19(17)16-28-14-6-13-27-12-5-11-21(27)22(28)18-9-4-10-20(15-18)23(24,25)26/h2-5,7-12,15,22H,6,13-14,16H2,1H3. The molecule has 2 aromatic carbocycles. The van der Waals surface area contributed by atoms with Crippen molar-refractivity contribution in [2.75, 3.05) is 6.54 Å². The fourth-order valence-electron chi connectivity index (χ4n) is 4.08. The molecule has 0 spiro atoms. The van der Waals surface area contributed by atoms with Gasteiger partial charge in [0, 0.05) is 31.5 Å². The van der Waals surface area contributed by atoms with Crippen molar-refractivity contribution in [3.05, 3.63) is 94.8 Å². The van der Waals surface area contributed by atoms with Crippen molar-refractivity contribution in [1.82, 2.24) is 9.47 Å². The van der Waals surface area contributed by atoms with Crippen LogP contribution in [0.1, 0.15) is 40.4 Å². The van der Waals surface area contributed by atoms with Gasteiger partial charge in [-0.25, -0.2) is 0 Å². The summed E-state index contributed by atoms with van der Waals surface area (Å²) < 4.78 is 42.2. The van der Waals surface area contributed by atoms with Crippen molar-refractivity contribution in [2.24, 2.45) is 0 Å². The lowest BCUT2D eigenvalue weighted by Gasteiger charge is -2.31. The molecule has 0 aliphatic carbocycles. The number of halogens is 3. The molecule has 28 heavy (non-hydrogen) atoms. The number of fused-ring (bicyclic) bond motifs is 1. The molecule has 146 valence electrons. The molecule has 1 atom stereocenters. The van der Waals surface area contributed by atoms with Crippen molar-refractivity contribution in [1.29, 1.82) is 0 Å². The lowest BCUT2D eigenvalue weighted by atomic mass is 9.98. The zero-order valence-electron chi connectivity index (χ0n) is 15.8. The van der Waals surface area contributed by atoms with E-state index in [4.69, 9.17) is 0 Å². The van der Waals surface area contributed by atoms with Crippen LogP contribution in [0.15, 0.2) is 66.9 Å². The Hall–Kier alpha value is -2.53. The highest BCUT2D eigenvalue weighted by Gasteiger charge is 2.33. The summed E-state index contributed by atoms with van der Waals surface area (Å²) in [7, 11) is 0. The van der Waals surface area contributed by atoms with E-state index in [1.165, 1.54) is 23.3 Å². The minimum absolute atomic E-state index is 0.209. The summed E-state index contributed by atoms with van der Waals surface area (Å²) in [5.41, 5.74) is 3.54. The second-order valence-electron chi connectivity index (χ2n) is 7.40. The van der Waals surface area contributed by atoms with E-state index in [1.54, 1.807) is 0 Å². The van der Waals surface area contributed by atoms with Crippen LogP contribution >= 0.6 is 0 Å². The Morgan fingerprint density at radius 3 is 2.57 bits per heavy atom. The van der Waals surface area contributed by atoms with Crippen molar-refractivity contribution < 1.29 is 13.2 Å². The van der Waals surface area contributed by atoms with Crippen LogP contribution in [0.25, 0.3) is 0 Å². The van der Waals surface area contributed by atoms with Crippen molar-refractivity contribution in [3.63, 3.8) is 0 Å². The first-order valence-corrected chi connectivity index (χ1v) is 9.54. The van der Waals surface area contributed by atoms with Crippen LogP contribution in [0.5, 0.6) is 0 Å². The van der Waals surface area contributed by atoms with Crippen LogP contribution in [0.4, 0.5) is 13.2 Å². The molecule has 3 aromatic rings. The number of rotatable bonds is 3. The third-order valence-corrected chi connectivity index (χ3v) is 5.52. The van der Waals surface area contributed by atoms with E-state index in [0.29, 0.717) is 12.1 Å². The van der Waals surface area contributed by atoms with E-state index in [2.05, 4.69) is 28.5 Å². The molecule has 0 amide bonds. The van der Waals surface area contributed by atoms with Gasteiger partial charge in [0.05, 0.1) is 11.6 Å². The molecule has 1 unspecified atom stereocenters. The van der Waals surface area contributed by atoms with Crippen molar-refractivity contribution in [2.45, 2.75) is 38.7 Å². The molecule has 5 heteroatoms. The summed E-state index contributed by atoms with van der Waals surface area (Å²) in [4.78, 5) is 2.30. The average molecular weight is 384 g/mol. The van der Waals surface area contributed by atoms with E-state index in [1.807, 2.05) is 36.5 Å². The average Bonchev–Trinajstić information content (AvgIpc) is 3.04. The van der Waals surface area contributed by atoms with Gasteiger partial charge in [-0.3, -0.25) is 4.90 Å². The predicted octanol–water partition coefficient (Wildman–Crippen LogP) is 5.81. The van der Waals surface area contributed by atoms with Crippen molar-refractivity contribution >= 4 is 0 Å². The van der Waals surface area contributed by atoms with Crippen molar-refractivity contribution in [3.8, 4) is 0 Å². The molecule has 2 heterocycles. The Bertz CT molecular complexity index is 958. The summed E-state index contributed by atoms with van der Waals surface area (Å²) in [5, 5.41) is 0. The first-order valence-electron chi connectivity index (χ1n) is 9.54. The topological polar surface area (TPSA) is 8.17 Å². The zero-order valence-corrected chi connectivity index (χ0v) is 15.8. The van der Waals surface area contributed by atoms with Gasteiger partial charge in [-0.1, -0.05) is 36.4 Å². The molecular weight excluding hydrogens is 361 g/mol. The van der Waals surface area contributed by atoms with Gasteiger partial charge >= 0.3 is 6.18 Å². The molecule has 2 nitrogen and oxygen atoms in total. The normalized spacial score (nSPS) is 17.9. The van der Waals surface area contributed by atoms with Gasteiger partial charge in [0.25, 0.3) is 0 Å². The SMILES string of the molecule is Cc1ccccc1CN1CCCn2cccc2C1c1cccc(C(F)(F)F)c1. The Kier molecular flexibility index (Phi) is 5.02. The number of aryl methyl sites for hydroxylation is 2. The van der Waals surface area contributed by atoms with Crippen LogP contribution in [-0.4, -0.2) is 16.0 Å². The summed E-state index contributed by atoms with van der Waals surface area (Å²) in [6, 6.07) is 17.8. The molecule has 0 radical (unpaired) electrons. The third-order valence-electron chi connectivity index (χ3n) is 5.52. The van der Waals surface area contributed by atoms with E-state index in [0.717, 1.165) is 31.3 Å². The highest BCUT2D eigenvalue weighted by atomic mass is 19.4. The zero-order chi connectivity index (χ0) is 19.7. The highest BCUT2D eigenvalue weighted by Crippen LogP contribution is 2.36. The summed E-state index contributed by atoms with van der Waals surface area (Å²) in [6.07, 6.45) is -1.36. The highest BCUT2D eigenvalue weighted by molar-refractivity contribution is 5.35. The molecule has 0 bridgehead atoms. The Morgan fingerprint density at radius 2 is 1.79 bits per heavy atom. The molecule has 1 aliphatic heterocycles. The number of aromatic nitrogens is 1. The maximum absolute atomic E-state index is 13.3. The maximum atomic E-state index is 13.3. The molecular formula is C23H23F3N2. The molecule has 1 aromatic heterocycles. The van der Waals surface area contributed by atoms with Gasteiger partial charge < -0.3 is 4.57 Å². The second-order valence-corrected chi connectivity index (χ2v) is 7.40. The van der Waals surface area contributed by atoms with E-state index < -0.39 is 11.7 Å². The second kappa shape index (κ2) is 7.47. The number of nitrogens with zero attached hydrogens (tertiary/aromatic N) is 2. The summed E-state index contributed by atoms with van der Waals surface area (Å²) in [6.45, 7) is 4.49. The van der Waals surface area contributed by atoms with Gasteiger partial charge in [0.2, 0.25) is 0 Å². The van der Waals surface area contributed by atoms with E-state index in [-0.39, 0.29) is 6.04 Å². The van der Waals surface area contributed by atoms with Gasteiger partial charge in [0.15, 0.2) is 0 Å². The fourth-order valence-corrected chi connectivity index (χ4v) is 4.08. The number of hydrogen-bond donors (Lipinski definition) is 0. The van der Waals surface area contributed by atoms with E-state index in [9.17, 15) is 13.2 Å². The quantitative estimate of drug-likeness (QED) is 0.553. The first-order chi connectivity index (χ1) is 13.4. The Morgan fingerprint density at radius 1 is 0.964 bits per heavy atom. The van der Waals surface area contributed by atoms with Gasteiger partial charge in [0.1, 0.15) is 0 Å². The number of alkyl halides is 3. The van der Waals surface area contributed by atoms with Gasteiger partial charge in [-0.15, -0.1) is 0 Å². The molecule has 4 rings (SSSR count). The van der Waals surface area contributed by atoms with Crippen LogP contribution in [0.3, 0.4) is 0 Å². The summed E-state index contributed by atoms with van der Waals surface area (Å²) in [5.74, 6) is 0. The Labute approximate surface area is 163 Å². The van der Waals surface area contributed by atoms with Gasteiger partial charge in [-0.05, 0) is 54.3 Å². The molecule has 0 saturated carbocycles. The smallest absolute Gasteiger partial charge is 0.350 e. The largest absolute Gasteiger partial charge is 0.416 e. The number of hydrogen-bond acceptors (Lipinski definition) is 1. The fraction of sp³-hybridized carbons (Fsp3) is 0.304. The minimum atomic E-state index is -4.34. The molecule has 0 saturated heterocycles. The van der Waals surface area contributed by atoms with Crippen LogP contribution < -0.4 is 0 Å². The van der Waals surface area contributed by atoms with Gasteiger partial charge in [-0.2, -0.15) is 13.2 Å². The lowest BCUT2D eigenvalue weighted by molar-refractivity contribution is -0.137. The summed E-state index contributed by atoms with van der Waals surface area (Å²) >= 11 is 0. The first kappa shape index (κ1) is 18.8. The van der Waals surface area contributed by atoms with Crippen LogP contribution in [0, 0.1) is 6.92 Å². The van der Waals surface area contributed by atoms with Crippen LogP contribution in [0.2, 0.25) is 0 Å². The minimum Gasteiger partial charge on any atom is -0.350 e. The third kappa shape index (κ3) is 3.72. The van der Waals surface area contributed by atoms with Crippen LogP contribution in [-0.2, 0) is 19.3 Å². The Balaban J connectivity index is 1.78. The maximum Gasteiger partial charge on any atom is 0.416 e. The lowest BCUT2D eigenvalue weighted by Crippen LogP contribution is -2.30. The predicted molar refractivity (Wildman–Crippen MR) is 104 cm³/mol. The molecule has 1 aliphatic rings. The van der Waals surface area contributed by atoms with E-state index >= 15 is 0 Å².